The van der Waals surface area contributed by atoms with E-state index in [4.69, 9.17) is 4.74 Å². The molecule has 1 unspecified atom stereocenters. The van der Waals surface area contributed by atoms with Gasteiger partial charge in [-0.1, -0.05) is 51.1 Å². The summed E-state index contributed by atoms with van der Waals surface area (Å²) in [5.74, 6) is 1.40. The summed E-state index contributed by atoms with van der Waals surface area (Å²) in [6.45, 7) is 8.83. The first-order valence-corrected chi connectivity index (χ1v) is 11.5. The van der Waals surface area contributed by atoms with Gasteiger partial charge in [-0.15, -0.1) is 11.3 Å². The molecule has 1 aliphatic rings. The molecule has 162 valence electrons. The number of aromatic nitrogens is 1. The number of nitrogens with zero attached hydrogens (tertiary/aromatic N) is 2. The average molecular weight is 428 g/mol. The van der Waals surface area contributed by atoms with E-state index in [1.54, 1.807) is 18.4 Å². The summed E-state index contributed by atoms with van der Waals surface area (Å²) in [6, 6.07) is 8.06. The van der Waals surface area contributed by atoms with E-state index >= 15 is 0 Å². The highest BCUT2D eigenvalue weighted by Crippen LogP contribution is 2.33. The Morgan fingerprint density at radius 3 is 2.70 bits per heavy atom. The van der Waals surface area contributed by atoms with E-state index in [-0.39, 0.29) is 11.9 Å². The monoisotopic (exact) mass is 427 g/mol. The number of ether oxygens (including phenoxy) is 1. The molecule has 0 bridgehead atoms. The second-order valence-corrected chi connectivity index (χ2v) is 9.78. The molecule has 0 radical (unpaired) electrons. The van der Waals surface area contributed by atoms with E-state index in [1.807, 2.05) is 50.5 Å². The summed E-state index contributed by atoms with van der Waals surface area (Å²) in [4.78, 5) is 19.6. The predicted octanol–water partition coefficient (Wildman–Crippen LogP) is 4.78. The van der Waals surface area contributed by atoms with Crippen LogP contribution in [-0.4, -0.2) is 42.5 Å². The minimum atomic E-state index is -0.403. The molecule has 0 aliphatic carbocycles. The standard InChI is InChI=1S/C24H33N3O2S/c1-24(2,3)23(28)26-21(22-25-13-17-30-22)19-11-15-27(16-12-19)14-7-9-18-8-5-6-10-20(18)29-4/h5-10,13,17,19,21H,11-12,14-16H2,1-4H3,(H,26,28). The molecule has 1 amide bonds. The number of carbonyl (C=O) groups excluding carboxylic acids is 1. The van der Waals surface area contributed by atoms with Gasteiger partial charge in [0.25, 0.3) is 0 Å². The number of methoxy groups -OCH3 is 1. The lowest BCUT2D eigenvalue weighted by atomic mass is 9.88. The lowest BCUT2D eigenvalue weighted by molar-refractivity contribution is -0.129. The van der Waals surface area contributed by atoms with Crippen LogP contribution in [0.1, 0.15) is 50.2 Å². The maximum Gasteiger partial charge on any atom is 0.225 e. The normalized spacial score (nSPS) is 17.2. The summed E-state index contributed by atoms with van der Waals surface area (Å²) in [6.07, 6.45) is 8.27. The molecular formula is C24H33N3O2S. The van der Waals surface area contributed by atoms with Crippen LogP contribution < -0.4 is 10.1 Å². The molecule has 6 heteroatoms. The summed E-state index contributed by atoms with van der Waals surface area (Å²) < 4.78 is 5.41. The lowest BCUT2D eigenvalue weighted by Crippen LogP contribution is -2.43. The molecule has 1 saturated heterocycles. The molecule has 1 aromatic carbocycles. The number of rotatable bonds is 7. The van der Waals surface area contributed by atoms with Crippen LogP contribution in [0.3, 0.4) is 0 Å². The molecule has 0 spiro atoms. The van der Waals surface area contributed by atoms with Gasteiger partial charge in [0.2, 0.25) is 5.91 Å². The Bertz CT molecular complexity index is 834. The Hall–Kier alpha value is -2.18. The maximum absolute atomic E-state index is 12.6. The zero-order chi connectivity index (χ0) is 21.6. The van der Waals surface area contributed by atoms with Crippen molar-refractivity contribution in [1.29, 1.82) is 0 Å². The first kappa shape index (κ1) is 22.5. The largest absolute Gasteiger partial charge is 0.496 e. The number of thiazole rings is 1. The fourth-order valence-electron chi connectivity index (χ4n) is 3.73. The van der Waals surface area contributed by atoms with Crippen LogP contribution in [0.2, 0.25) is 0 Å². The number of nitrogens with one attached hydrogen (secondary N) is 1. The molecule has 1 N–H and O–H groups in total. The molecule has 1 aromatic heterocycles. The number of hydrogen-bond donors (Lipinski definition) is 1. The maximum atomic E-state index is 12.6. The van der Waals surface area contributed by atoms with E-state index in [0.717, 1.165) is 48.8 Å². The predicted molar refractivity (Wildman–Crippen MR) is 124 cm³/mol. The average Bonchev–Trinajstić information content (AvgIpc) is 3.26. The van der Waals surface area contributed by atoms with Gasteiger partial charge in [0.05, 0.1) is 13.2 Å². The fourth-order valence-corrected chi connectivity index (χ4v) is 4.51. The van der Waals surface area contributed by atoms with Crippen molar-refractivity contribution in [2.24, 2.45) is 11.3 Å². The third-order valence-electron chi connectivity index (χ3n) is 5.59. The summed E-state index contributed by atoms with van der Waals surface area (Å²) in [5, 5.41) is 6.29. The van der Waals surface area contributed by atoms with Crippen LogP contribution in [0.25, 0.3) is 6.08 Å². The van der Waals surface area contributed by atoms with Gasteiger partial charge in [-0.3, -0.25) is 9.69 Å². The Balaban J connectivity index is 1.57. The van der Waals surface area contributed by atoms with Crippen molar-refractivity contribution in [2.45, 2.75) is 39.7 Å². The molecule has 1 aliphatic heterocycles. The van der Waals surface area contributed by atoms with Gasteiger partial charge in [-0.05, 0) is 37.9 Å². The minimum absolute atomic E-state index is 0.00278. The second-order valence-electron chi connectivity index (χ2n) is 8.85. The van der Waals surface area contributed by atoms with Crippen LogP contribution >= 0.6 is 11.3 Å². The summed E-state index contributed by atoms with van der Waals surface area (Å²) in [7, 11) is 1.70. The van der Waals surface area contributed by atoms with E-state index in [0.29, 0.717) is 5.92 Å². The van der Waals surface area contributed by atoms with Gasteiger partial charge < -0.3 is 10.1 Å². The zero-order valence-corrected chi connectivity index (χ0v) is 19.2. The van der Waals surface area contributed by atoms with Crippen molar-refractivity contribution in [3.05, 3.63) is 52.5 Å². The van der Waals surface area contributed by atoms with E-state index in [9.17, 15) is 4.79 Å². The van der Waals surface area contributed by atoms with Crippen LogP contribution in [-0.2, 0) is 4.79 Å². The Labute approximate surface area is 184 Å². The third kappa shape index (κ3) is 5.92. The van der Waals surface area contributed by atoms with Gasteiger partial charge in [0.1, 0.15) is 10.8 Å². The van der Waals surface area contributed by atoms with Gasteiger partial charge >= 0.3 is 0 Å². The highest BCUT2D eigenvalue weighted by molar-refractivity contribution is 7.09. The second kappa shape index (κ2) is 10.2. The van der Waals surface area contributed by atoms with E-state index in [2.05, 4.69) is 33.4 Å². The van der Waals surface area contributed by atoms with Crippen molar-refractivity contribution >= 4 is 23.3 Å². The molecule has 1 atom stereocenters. The van der Waals surface area contributed by atoms with Gasteiger partial charge in [-0.25, -0.2) is 4.98 Å². The van der Waals surface area contributed by atoms with Crippen LogP contribution in [0, 0.1) is 11.3 Å². The highest BCUT2D eigenvalue weighted by Gasteiger charge is 2.33. The van der Waals surface area contributed by atoms with E-state index in [1.165, 1.54) is 0 Å². The van der Waals surface area contributed by atoms with Crippen LogP contribution in [0.4, 0.5) is 0 Å². The molecule has 0 saturated carbocycles. The smallest absolute Gasteiger partial charge is 0.225 e. The van der Waals surface area contributed by atoms with E-state index < -0.39 is 5.41 Å². The van der Waals surface area contributed by atoms with Gasteiger partial charge in [0, 0.05) is 29.1 Å². The summed E-state index contributed by atoms with van der Waals surface area (Å²) >= 11 is 1.63. The number of para-hydroxylation sites is 1. The number of carbonyl (C=O) groups is 1. The van der Waals surface area contributed by atoms with Crippen molar-refractivity contribution in [3.63, 3.8) is 0 Å². The number of hydrogen-bond acceptors (Lipinski definition) is 5. The van der Waals surface area contributed by atoms with Crippen LogP contribution in [0.15, 0.2) is 41.9 Å². The number of amides is 1. The Morgan fingerprint density at radius 2 is 2.07 bits per heavy atom. The molecule has 5 nitrogen and oxygen atoms in total. The first-order chi connectivity index (χ1) is 14.4. The number of likely N-dealkylation sites (tertiary alicyclic amines) is 1. The minimum Gasteiger partial charge on any atom is -0.496 e. The first-order valence-electron chi connectivity index (χ1n) is 10.6. The SMILES string of the molecule is COc1ccccc1C=CCN1CCC(C(NC(=O)C(C)(C)C)c2nccs2)CC1. The number of piperidine rings is 1. The molecule has 2 heterocycles. The van der Waals surface area contributed by atoms with Crippen molar-refractivity contribution in [3.8, 4) is 5.75 Å². The number of benzene rings is 1. The summed E-state index contributed by atoms with van der Waals surface area (Å²) in [5.41, 5.74) is 0.697. The third-order valence-corrected chi connectivity index (χ3v) is 6.45. The van der Waals surface area contributed by atoms with Gasteiger partial charge in [-0.2, -0.15) is 0 Å². The van der Waals surface area contributed by atoms with Crippen LogP contribution in [0.5, 0.6) is 5.75 Å². The molecule has 30 heavy (non-hydrogen) atoms. The highest BCUT2D eigenvalue weighted by atomic mass is 32.1. The molecule has 1 fully saturated rings. The molecule has 3 rings (SSSR count). The lowest BCUT2D eigenvalue weighted by Gasteiger charge is -2.36. The topological polar surface area (TPSA) is 54.5 Å². The van der Waals surface area contributed by atoms with Crippen molar-refractivity contribution in [2.75, 3.05) is 26.7 Å². The van der Waals surface area contributed by atoms with Crippen molar-refractivity contribution in [1.82, 2.24) is 15.2 Å². The van der Waals surface area contributed by atoms with Gasteiger partial charge in [0.15, 0.2) is 0 Å². The Morgan fingerprint density at radius 1 is 1.33 bits per heavy atom. The quantitative estimate of drug-likeness (QED) is 0.691. The zero-order valence-electron chi connectivity index (χ0n) is 18.4. The fraction of sp³-hybridized carbons (Fsp3) is 0.500. The molecule has 2 aromatic rings. The molecular weight excluding hydrogens is 394 g/mol. The van der Waals surface area contributed by atoms with Crippen molar-refractivity contribution < 1.29 is 9.53 Å². The Kier molecular flexibility index (Phi) is 7.67.